The fourth-order valence-electron chi connectivity index (χ4n) is 2.45. The Bertz CT molecular complexity index is 364. The van der Waals surface area contributed by atoms with Crippen LogP contribution in [0.25, 0.3) is 0 Å². The zero-order valence-electron chi connectivity index (χ0n) is 9.46. The van der Waals surface area contributed by atoms with Crippen LogP contribution in [0.4, 0.5) is 4.39 Å². The van der Waals surface area contributed by atoms with Gasteiger partial charge in [-0.05, 0) is 12.8 Å². The van der Waals surface area contributed by atoms with Crippen LogP contribution < -0.4 is 5.73 Å². The third-order valence-corrected chi connectivity index (χ3v) is 3.49. The number of allylic oxidation sites excluding steroid dienone is 2. The lowest BCUT2D eigenvalue weighted by Gasteiger charge is -2.40. The van der Waals surface area contributed by atoms with Gasteiger partial charge >= 0.3 is 5.66 Å². The highest BCUT2D eigenvalue weighted by atomic mass is 19.1. The van der Waals surface area contributed by atoms with Crippen LogP contribution in [0.15, 0.2) is 24.3 Å². The minimum absolute atomic E-state index is 0.333. The van der Waals surface area contributed by atoms with Gasteiger partial charge in [0, 0.05) is 24.1 Å². The Hall–Kier alpha value is -1.27. The molecule has 2 atom stereocenters. The Labute approximate surface area is 98.9 Å². The maximum atomic E-state index is 13.1. The van der Waals surface area contributed by atoms with Gasteiger partial charge in [0.25, 0.3) is 0 Å². The van der Waals surface area contributed by atoms with Crippen LogP contribution in [0.1, 0.15) is 12.8 Å². The van der Waals surface area contributed by atoms with Crippen molar-refractivity contribution in [1.82, 2.24) is 4.90 Å². The summed E-state index contributed by atoms with van der Waals surface area (Å²) in [6.07, 6.45) is 6.27. The molecular formula is C11H16FN3O2. The predicted octanol–water partition coefficient (Wildman–Crippen LogP) is 0.847. The Morgan fingerprint density at radius 3 is 2.59 bits per heavy atom. The smallest absolute Gasteiger partial charge is 0.315 e. The predicted molar refractivity (Wildman–Crippen MR) is 61.7 cm³/mol. The van der Waals surface area contributed by atoms with Crippen molar-refractivity contribution in [2.45, 2.75) is 30.7 Å². The van der Waals surface area contributed by atoms with E-state index in [-0.39, 0.29) is 4.92 Å². The maximum Gasteiger partial charge on any atom is 0.315 e. The zero-order chi connectivity index (χ0) is 12.5. The summed E-state index contributed by atoms with van der Waals surface area (Å²) in [5.74, 6) is 0. The van der Waals surface area contributed by atoms with E-state index in [0.717, 1.165) is 0 Å². The topological polar surface area (TPSA) is 72.4 Å². The van der Waals surface area contributed by atoms with Gasteiger partial charge in [0.05, 0.1) is 0 Å². The molecule has 0 aromatic rings. The van der Waals surface area contributed by atoms with E-state index < -0.39 is 17.9 Å². The van der Waals surface area contributed by atoms with E-state index in [1.54, 1.807) is 23.1 Å². The molecule has 2 N–H and O–H groups in total. The second-order valence-corrected chi connectivity index (χ2v) is 4.47. The van der Waals surface area contributed by atoms with E-state index in [2.05, 4.69) is 0 Å². The first-order chi connectivity index (χ1) is 8.07. The normalized spacial score (nSPS) is 35.1. The van der Waals surface area contributed by atoms with E-state index in [1.165, 1.54) is 6.08 Å². The molecule has 5 nitrogen and oxygen atoms in total. The summed E-state index contributed by atoms with van der Waals surface area (Å²) in [6.45, 7) is 0.738. The molecule has 2 aliphatic rings. The Morgan fingerprint density at radius 2 is 2.06 bits per heavy atom. The second-order valence-electron chi connectivity index (χ2n) is 4.47. The highest BCUT2D eigenvalue weighted by Gasteiger charge is 2.52. The van der Waals surface area contributed by atoms with Crippen molar-refractivity contribution < 1.29 is 9.31 Å². The summed E-state index contributed by atoms with van der Waals surface area (Å²) in [5.41, 5.74) is 4.46. The fourth-order valence-corrected chi connectivity index (χ4v) is 2.45. The first-order valence-corrected chi connectivity index (χ1v) is 5.72. The number of rotatable bonds is 2. The Kier molecular flexibility index (Phi) is 3.26. The second kappa shape index (κ2) is 4.54. The zero-order valence-corrected chi connectivity index (χ0v) is 9.46. The molecule has 17 heavy (non-hydrogen) atoms. The van der Waals surface area contributed by atoms with Crippen molar-refractivity contribution >= 4 is 0 Å². The van der Waals surface area contributed by atoms with Crippen molar-refractivity contribution in [3.63, 3.8) is 0 Å². The number of nitro groups is 1. The van der Waals surface area contributed by atoms with Gasteiger partial charge in [0.15, 0.2) is 0 Å². The average molecular weight is 241 g/mol. The van der Waals surface area contributed by atoms with Gasteiger partial charge in [-0.15, -0.1) is 0 Å². The van der Waals surface area contributed by atoms with Crippen LogP contribution in [-0.2, 0) is 0 Å². The van der Waals surface area contributed by atoms with Crippen molar-refractivity contribution in [1.29, 1.82) is 0 Å². The molecule has 6 heteroatoms. The number of hydrogen-bond donors (Lipinski definition) is 1. The maximum absolute atomic E-state index is 13.1. The van der Waals surface area contributed by atoms with Gasteiger partial charge in [-0.3, -0.25) is 10.1 Å². The minimum atomic E-state index is -1.41. The van der Waals surface area contributed by atoms with Crippen LogP contribution in [0, 0.1) is 10.1 Å². The number of alkyl halides is 1. The number of nitrogens with zero attached hydrogens (tertiary/aromatic N) is 2. The van der Waals surface area contributed by atoms with E-state index >= 15 is 0 Å². The number of piperidine rings is 1. The van der Waals surface area contributed by atoms with Crippen molar-refractivity contribution in [3.05, 3.63) is 34.4 Å². The molecule has 1 heterocycles. The molecule has 1 aliphatic carbocycles. The molecule has 0 aromatic carbocycles. The summed E-state index contributed by atoms with van der Waals surface area (Å²) in [4.78, 5) is 12.7. The summed E-state index contributed by atoms with van der Waals surface area (Å²) in [7, 11) is 0. The number of hydrogen-bond acceptors (Lipinski definition) is 4. The third-order valence-electron chi connectivity index (χ3n) is 3.49. The lowest BCUT2D eigenvalue weighted by molar-refractivity contribution is -0.588. The van der Waals surface area contributed by atoms with Gasteiger partial charge in [0.2, 0.25) is 0 Å². The molecule has 1 saturated heterocycles. The first kappa shape index (κ1) is 12.2. The third kappa shape index (κ3) is 1.98. The molecular weight excluding hydrogens is 225 g/mol. The van der Waals surface area contributed by atoms with Crippen LogP contribution in [0.3, 0.4) is 0 Å². The molecule has 0 bridgehead atoms. The Morgan fingerprint density at radius 1 is 1.41 bits per heavy atom. The first-order valence-electron chi connectivity index (χ1n) is 5.72. The Balaban J connectivity index is 2.26. The summed E-state index contributed by atoms with van der Waals surface area (Å²) < 4.78 is 13.1. The lowest BCUT2D eigenvalue weighted by Crippen LogP contribution is -2.65. The monoisotopic (exact) mass is 241 g/mol. The molecule has 2 rings (SSSR count). The van der Waals surface area contributed by atoms with E-state index in [4.69, 9.17) is 5.73 Å². The fraction of sp³-hybridized carbons (Fsp3) is 0.636. The molecule has 1 fully saturated rings. The largest absolute Gasteiger partial charge is 0.317 e. The number of halogens is 1. The van der Waals surface area contributed by atoms with Crippen molar-refractivity contribution in [3.8, 4) is 0 Å². The van der Waals surface area contributed by atoms with E-state index in [1.807, 2.05) is 0 Å². The minimum Gasteiger partial charge on any atom is -0.317 e. The quantitative estimate of drug-likeness (QED) is 0.574. The summed E-state index contributed by atoms with van der Waals surface area (Å²) in [6, 6.07) is -0.696. The molecule has 94 valence electrons. The van der Waals surface area contributed by atoms with Crippen LogP contribution in [0.5, 0.6) is 0 Å². The molecule has 0 amide bonds. The van der Waals surface area contributed by atoms with Crippen molar-refractivity contribution in [2.75, 3.05) is 13.1 Å². The molecule has 0 radical (unpaired) electrons. The van der Waals surface area contributed by atoms with Gasteiger partial charge in [-0.2, -0.15) is 0 Å². The molecule has 0 spiro atoms. The van der Waals surface area contributed by atoms with Crippen LogP contribution in [-0.4, -0.2) is 40.8 Å². The van der Waals surface area contributed by atoms with Crippen molar-refractivity contribution in [2.24, 2.45) is 5.73 Å². The number of likely N-dealkylation sites (tertiary alicyclic amines) is 1. The SMILES string of the molecule is NC1C=CC=CC1(N1CCC(F)CC1)[N+](=O)[O-]. The average Bonchev–Trinajstić information content (AvgIpc) is 2.31. The molecule has 0 aromatic heterocycles. The van der Waals surface area contributed by atoms with Crippen LogP contribution in [0.2, 0.25) is 0 Å². The molecule has 0 saturated carbocycles. The summed E-state index contributed by atoms with van der Waals surface area (Å²) >= 11 is 0. The van der Waals surface area contributed by atoms with Gasteiger partial charge in [0.1, 0.15) is 12.2 Å². The van der Waals surface area contributed by atoms with Gasteiger partial charge < -0.3 is 5.73 Å². The molecule has 2 unspecified atom stereocenters. The number of nitrogens with two attached hydrogens (primary N) is 1. The highest BCUT2D eigenvalue weighted by molar-refractivity contribution is 5.23. The van der Waals surface area contributed by atoms with Gasteiger partial charge in [-0.1, -0.05) is 18.2 Å². The lowest BCUT2D eigenvalue weighted by atomic mass is 9.92. The van der Waals surface area contributed by atoms with Gasteiger partial charge in [-0.25, -0.2) is 9.29 Å². The summed E-state index contributed by atoms with van der Waals surface area (Å²) in [5, 5.41) is 11.4. The standard InChI is InChI=1S/C11H16FN3O2/c12-9-4-7-14(8-5-9)11(15(16)17)6-2-1-3-10(11)13/h1-3,6,9-10H,4-5,7-8,13H2. The highest BCUT2D eigenvalue weighted by Crippen LogP contribution is 2.29. The van der Waals surface area contributed by atoms with Crippen LogP contribution >= 0.6 is 0 Å². The molecule has 1 aliphatic heterocycles. The van der Waals surface area contributed by atoms with E-state index in [9.17, 15) is 14.5 Å². The van der Waals surface area contributed by atoms with E-state index in [0.29, 0.717) is 25.9 Å².